The molecule has 1 aliphatic rings. The van der Waals surface area contributed by atoms with Crippen molar-refractivity contribution < 1.29 is 19.4 Å². The van der Waals surface area contributed by atoms with E-state index in [4.69, 9.17) is 21.3 Å². The minimum absolute atomic E-state index is 0.00126. The number of carbonyl (C=O) groups excluding carboxylic acids is 2. The number of halogens is 1. The summed E-state index contributed by atoms with van der Waals surface area (Å²) in [5.74, 6) is -1.10. The molecule has 0 bridgehead atoms. The van der Waals surface area contributed by atoms with Gasteiger partial charge in [-0.05, 0) is 79.9 Å². The van der Waals surface area contributed by atoms with Gasteiger partial charge >= 0.3 is 5.91 Å². The zero-order valence-corrected chi connectivity index (χ0v) is 21.5. The van der Waals surface area contributed by atoms with Crippen LogP contribution in [0.15, 0.2) is 66.2 Å². The number of ketones is 1. The van der Waals surface area contributed by atoms with E-state index in [-0.39, 0.29) is 11.3 Å². The van der Waals surface area contributed by atoms with Gasteiger partial charge in [-0.1, -0.05) is 41.1 Å². The van der Waals surface area contributed by atoms with Crippen LogP contribution in [0.4, 0.5) is 5.13 Å². The van der Waals surface area contributed by atoms with Crippen LogP contribution in [-0.4, -0.2) is 28.4 Å². The molecule has 1 saturated heterocycles. The maximum Gasteiger partial charge on any atom is 0.301 e. The van der Waals surface area contributed by atoms with E-state index in [2.05, 4.69) is 0 Å². The minimum atomic E-state index is -0.863. The largest absolute Gasteiger partial charge is 0.507 e. The maximum atomic E-state index is 13.4. The number of carbonyl (C=O) groups is 2. The normalized spacial score (nSPS) is 17.2. The predicted molar refractivity (Wildman–Crippen MR) is 143 cm³/mol. The number of fused-ring (bicyclic) bond motifs is 1. The number of hydrogen-bond acceptors (Lipinski definition) is 6. The molecular weight excluding hydrogens is 496 g/mol. The molecule has 8 heteroatoms. The molecule has 1 atom stereocenters. The smallest absolute Gasteiger partial charge is 0.301 e. The van der Waals surface area contributed by atoms with Gasteiger partial charge in [0.25, 0.3) is 5.78 Å². The van der Waals surface area contributed by atoms with Crippen molar-refractivity contribution >= 4 is 55.7 Å². The molecule has 1 amide bonds. The van der Waals surface area contributed by atoms with Crippen LogP contribution in [-0.2, 0) is 9.59 Å². The molecule has 0 spiro atoms. The van der Waals surface area contributed by atoms with Gasteiger partial charge < -0.3 is 9.84 Å². The first-order valence-electron chi connectivity index (χ1n) is 11.5. The first-order valence-corrected chi connectivity index (χ1v) is 12.7. The van der Waals surface area contributed by atoms with Crippen LogP contribution >= 0.6 is 22.9 Å². The Morgan fingerprint density at radius 3 is 2.44 bits per heavy atom. The lowest BCUT2D eigenvalue weighted by Crippen LogP contribution is -2.29. The second-order valence-corrected chi connectivity index (χ2v) is 10.0. The summed E-state index contributed by atoms with van der Waals surface area (Å²) < 4.78 is 6.49. The molecule has 6 nitrogen and oxygen atoms in total. The molecule has 36 heavy (non-hydrogen) atoms. The second kappa shape index (κ2) is 9.41. The molecular formula is C28H23ClN2O4S. The van der Waals surface area contributed by atoms with E-state index in [0.29, 0.717) is 33.6 Å². The summed E-state index contributed by atoms with van der Waals surface area (Å²) in [4.78, 5) is 33.0. The van der Waals surface area contributed by atoms with Crippen LogP contribution in [0, 0.1) is 13.8 Å². The summed E-state index contributed by atoms with van der Waals surface area (Å²) in [5.41, 5.74) is 3.90. The van der Waals surface area contributed by atoms with Crippen LogP contribution in [0.2, 0.25) is 5.02 Å². The number of benzene rings is 3. The Bertz CT molecular complexity index is 1520. The Morgan fingerprint density at radius 2 is 1.78 bits per heavy atom. The number of aryl methyl sites for hydroxylation is 2. The lowest BCUT2D eigenvalue weighted by molar-refractivity contribution is -0.132. The number of rotatable bonds is 5. The van der Waals surface area contributed by atoms with E-state index in [1.807, 2.05) is 32.9 Å². The van der Waals surface area contributed by atoms with Gasteiger partial charge in [0, 0.05) is 10.6 Å². The van der Waals surface area contributed by atoms with Gasteiger partial charge in [0.05, 0.1) is 28.4 Å². The Kier molecular flexibility index (Phi) is 6.28. The van der Waals surface area contributed by atoms with Crippen molar-refractivity contribution in [3.8, 4) is 5.75 Å². The van der Waals surface area contributed by atoms with Gasteiger partial charge in [0.15, 0.2) is 5.13 Å². The number of Topliss-reactive ketones (excluding diaryl/α,β-unsaturated/α-hetero) is 1. The number of thiazole rings is 1. The molecule has 182 valence electrons. The van der Waals surface area contributed by atoms with Crippen molar-refractivity contribution in [3.05, 3.63) is 93.5 Å². The summed E-state index contributed by atoms with van der Waals surface area (Å²) >= 11 is 7.36. The fraction of sp³-hybridized carbons (Fsp3) is 0.179. The highest BCUT2D eigenvalue weighted by Gasteiger charge is 2.48. The molecule has 1 aliphatic heterocycles. The van der Waals surface area contributed by atoms with Crippen molar-refractivity contribution in [3.63, 3.8) is 0 Å². The molecule has 1 fully saturated rings. The van der Waals surface area contributed by atoms with Gasteiger partial charge in [0.2, 0.25) is 0 Å². The summed E-state index contributed by atoms with van der Waals surface area (Å²) in [6.45, 7) is 6.38. The third kappa shape index (κ3) is 4.14. The summed E-state index contributed by atoms with van der Waals surface area (Å²) in [7, 11) is 0. The van der Waals surface area contributed by atoms with E-state index in [0.717, 1.165) is 21.3 Å². The fourth-order valence-electron chi connectivity index (χ4n) is 4.48. The molecule has 2 heterocycles. The number of amides is 1. The summed E-state index contributed by atoms with van der Waals surface area (Å²) in [5, 5.41) is 12.1. The first kappa shape index (κ1) is 24.0. The van der Waals surface area contributed by atoms with Gasteiger partial charge in [0.1, 0.15) is 11.5 Å². The molecule has 1 aromatic heterocycles. The SMILES string of the molecule is CCOc1ccc([C@@H]2C(=C(O)c3ccc(Cl)cc3)C(=O)C(=O)N2c2nc3c(C)cc(C)cc3s2)cc1. The molecule has 0 aliphatic carbocycles. The van der Waals surface area contributed by atoms with E-state index in [9.17, 15) is 14.7 Å². The lowest BCUT2D eigenvalue weighted by atomic mass is 9.95. The monoisotopic (exact) mass is 518 g/mol. The third-order valence-electron chi connectivity index (χ3n) is 6.09. The van der Waals surface area contributed by atoms with Gasteiger partial charge in [-0.25, -0.2) is 4.98 Å². The van der Waals surface area contributed by atoms with Gasteiger partial charge in [-0.2, -0.15) is 0 Å². The topological polar surface area (TPSA) is 79.7 Å². The number of nitrogens with zero attached hydrogens (tertiary/aromatic N) is 2. The fourth-order valence-corrected chi connectivity index (χ4v) is 5.78. The standard InChI is InChI=1S/C28H23ClN2O4S/c1-4-35-20-11-7-17(8-12-20)24-22(25(32)18-5-9-19(29)10-6-18)26(33)27(34)31(24)28-30-23-16(3)13-15(2)14-21(23)36-28/h5-14,24,32H,4H2,1-3H3/t24-/m1/s1. The quantitative estimate of drug-likeness (QED) is 0.183. The van der Waals surface area contributed by atoms with Gasteiger partial charge in [-0.15, -0.1) is 0 Å². The van der Waals surface area contributed by atoms with E-state index >= 15 is 0 Å². The van der Waals surface area contributed by atoms with Crippen LogP contribution in [0.1, 0.15) is 35.2 Å². The summed E-state index contributed by atoms with van der Waals surface area (Å²) in [6, 6.07) is 16.8. The van der Waals surface area contributed by atoms with Gasteiger partial charge in [-0.3, -0.25) is 14.5 Å². The van der Waals surface area contributed by atoms with Crippen LogP contribution in [0.25, 0.3) is 16.0 Å². The molecule has 5 rings (SSSR count). The van der Waals surface area contributed by atoms with Crippen molar-refractivity contribution in [2.45, 2.75) is 26.8 Å². The van der Waals surface area contributed by atoms with Crippen molar-refractivity contribution in [1.82, 2.24) is 4.98 Å². The van der Waals surface area contributed by atoms with Crippen molar-refractivity contribution in [1.29, 1.82) is 0 Å². The molecule has 3 aromatic carbocycles. The van der Waals surface area contributed by atoms with E-state index < -0.39 is 17.7 Å². The van der Waals surface area contributed by atoms with Crippen molar-refractivity contribution in [2.75, 3.05) is 11.5 Å². The lowest BCUT2D eigenvalue weighted by Gasteiger charge is -2.23. The zero-order valence-electron chi connectivity index (χ0n) is 19.9. The average Bonchev–Trinajstić information content (AvgIpc) is 3.38. The molecule has 1 N–H and O–H groups in total. The Morgan fingerprint density at radius 1 is 1.08 bits per heavy atom. The Hall–Kier alpha value is -3.68. The third-order valence-corrected chi connectivity index (χ3v) is 7.35. The first-order chi connectivity index (χ1) is 17.3. The zero-order chi connectivity index (χ0) is 25.6. The number of ether oxygens (including phenoxy) is 1. The predicted octanol–water partition coefficient (Wildman–Crippen LogP) is 6.59. The van der Waals surface area contributed by atoms with Crippen LogP contribution in [0.3, 0.4) is 0 Å². The maximum absolute atomic E-state index is 13.4. The number of aliphatic hydroxyl groups excluding tert-OH is 1. The molecule has 0 radical (unpaired) electrons. The highest BCUT2D eigenvalue weighted by molar-refractivity contribution is 7.22. The molecule has 0 unspecified atom stereocenters. The van der Waals surface area contributed by atoms with Crippen molar-refractivity contribution in [2.24, 2.45) is 0 Å². The number of aliphatic hydroxyl groups is 1. The highest BCUT2D eigenvalue weighted by atomic mass is 35.5. The van der Waals surface area contributed by atoms with E-state index in [1.54, 1.807) is 48.5 Å². The van der Waals surface area contributed by atoms with Crippen LogP contribution in [0.5, 0.6) is 5.75 Å². The molecule has 4 aromatic rings. The Labute approximate surface area is 217 Å². The number of hydrogen-bond donors (Lipinski definition) is 1. The number of aromatic nitrogens is 1. The second-order valence-electron chi connectivity index (χ2n) is 8.60. The summed E-state index contributed by atoms with van der Waals surface area (Å²) in [6.07, 6.45) is 0. The Balaban J connectivity index is 1.71. The van der Waals surface area contributed by atoms with E-state index in [1.165, 1.54) is 16.2 Å². The van der Waals surface area contributed by atoms with Crippen LogP contribution < -0.4 is 9.64 Å². The minimum Gasteiger partial charge on any atom is -0.507 e. The number of anilines is 1. The average molecular weight is 519 g/mol. The highest BCUT2D eigenvalue weighted by Crippen LogP contribution is 2.45. The molecule has 0 saturated carbocycles.